The number of hydrogen-bond donors (Lipinski definition) is 1. The number of aromatic amines is 1. The van der Waals surface area contributed by atoms with E-state index in [2.05, 4.69) is 87.8 Å². The molecule has 3 bridgehead atoms. The van der Waals surface area contributed by atoms with E-state index in [1.54, 1.807) is 5.57 Å². The molecule has 5 atom stereocenters. The topological polar surface area (TPSA) is 35.2 Å². The van der Waals surface area contributed by atoms with E-state index in [0.717, 1.165) is 6.42 Å². The Morgan fingerprint density at radius 1 is 0.900 bits per heavy atom. The van der Waals surface area contributed by atoms with Gasteiger partial charge in [-0.05, 0) is 107 Å². The summed E-state index contributed by atoms with van der Waals surface area (Å²) in [6.07, 6.45) is 28.3. The maximum atomic E-state index is 5.16. The van der Waals surface area contributed by atoms with Crippen LogP contribution in [0.25, 0.3) is 27.4 Å². The maximum absolute atomic E-state index is 5.16. The second-order valence-electron chi connectivity index (χ2n) is 12.9. The minimum atomic E-state index is 0.223. The highest BCUT2D eigenvalue weighted by molar-refractivity contribution is 6.10. The van der Waals surface area contributed by atoms with Crippen LogP contribution in [0.2, 0.25) is 0 Å². The molecule has 4 nitrogen and oxygen atoms in total. The molecule has 6 heterocycles. The Balaban J connectivity index is 1.34. The summed E-state index contributed by atoms with van der Waals surface area (Å²) in [4.78, 5) is 14.7. The first-order valence-corrected chi connectivity index (χ1v) is 15.9. The number of benzene rings is 1. The Morgan fingerprint density at radius 3 is 2.77 bits per heavy atom. The highest BCUT2D eigenvalue weighted by Crippen LogP contribution is 2.60. The van der Waals surface area contributed by atoms with Crippen molar-refractivity contribution < 1.29 is 0 Å². The average molecular weight is 531 g/mol. The molecule has 2 fully saturated rings. The molecular formula is C36H42N4. The third kappa shape index (κ3) is 3.98. The minimum Gasteiger partial charge on any atom is -0.353 e. The number of nitrogens with one attached hydrogen (secondary N) is 1. The molecule has 2 aromatic heterocycles. The van der Waals surface area contributed by atoms with Gasteiger partial charge in [0.1, 0.15) is 0 Å². The Morgan fingerprint density at radius 2 is 1.80 bits per heavy atom. The number of hydrogen-bond acceptors (Lipinski definition) is 3. The van der Waals surface area contributed by atoms with Crippen molar-refractivity contribution in [1.29, 1.82) is 0 Å². The molecule has 0 amide bonds. The van der Waals surface area contributed by atoms with Gasteiger partial charge in [0, 0.05) is 46.5 Å². The second kappa shape index (κ2) is 10.2. The summed E-state index contributed by atoms with van der Waals surface area (Å²) in [5.74, 6) is 0.526. The average Bonchev–Trinajstić information content (AvgIpc) is 3.48. The monoisotopic (exact) mass is 530 g/mol. The van der Waals surface area contributed by atoms with Crippen molar-refractivity contribution in [3.8, 4) is 0 Å². The molecule has 2 saturated heterocycles. The SMILES string of the molecule is C1=C(c2nccc3c2[nH]c2ccccc23)C2CCN3CCCC/C=C/C/C=C\1[C@@H]1N4CCCC/C=C\[C@H]4C[C@]21C3. The number of pyridine rings is 1. The number of para-hydroxylation sites is 1. The summed E-state index contributed by atoms with van der Waals surface area (Å²) in [5.41, 5.74) is 6.86. The van der Waals surface area contributed by atoms with Crippen LogP contribution in [-0.4, -0.2) is 58.0 Å². The summed E-state index contributed by atoms with van der Waals surface area (Å²) < 4.78 is 0. The Hall–Kier alpha value is -2.95. The molecule has 2 unspecified atom stereocenters. The van der Waals surface area contributed by atoms with Crippen molar-refractivity contribution in [2.24, 2.45) is 11.3 Å². The second-order valence-corrected chi connectivity index (χ2v) is 12.9. The van der Waals surface area contributed by atoms with Crippen LogP contribution in [0.1, 0.15) is 63.5 Å². The lowest BCUT2D eigenvalue weighted by Crippen LogP contribution is -2.57. The van der Waals surface area contributed by atoms with Crippen molar-refractivity contribution in [2.45, 2.75) is 69.9 Å². The van der Waals surface area contributed by atoms with E-state index in [9.17, 15) is 0 Å². The predicted octanol–water partition coefficient (Wildman–Crippen LogP) is 7.66. The molecule has 1 spiro atoms. The van der Waals surface area contributed by atoms with Crippen LogP contribution in [0.3, 0.4) is 0 Å². The first kappa shape index (κ1) is 24.8. The van der Waals surface area contributed by atoms with Crippen molar-refractivity contribution >= 4 is 27.4 Å². The zero-order valence-electron chi connectivity index (χ0n) is 23.7. The first-order chi connectivity index (χ1) is 19.8. The molecule has 8 rings (SSSR count). The minimum absolute atomic E-state index is 0.223. The van der Waals surface area contributed by atoms with E-state index < -0.39 is 0 Å². The van der Waals surface area contributed by atoms with Crippen LogP contribution in [0, 0.1) is 11.3 Å². The molecule has 4 aliphatic heterocycles. The first-order valence-electron chi connectivity index (χ1n) is 15.9. The molecule has 4 heteroatoms. The van der Waals surface area contributed by atoms with Gasteiger partial charge in [-0.25, -0.2) is 0 Å². The van der Waals surface area contributed by atoms with Gasteiger partial charge in [-0.1, -0.05) is 54.7 Å². The number of fused-ring (bicyclic) bond motifs is 5. The predicted molar refractivity (Wildman–Crippen MR) is 166 cm³/mol. The lowest BCUT2D eigenvalue weighted by Gasteiger charge is -2.54. The maximum Gasteiger partial charge on any atom is 0.0905 e. The van der Waals surface area contributed by atoms with Gasteiger partial charge in [-0.15, -0.1) is 0 Å². The number of piperidine rings is 1. The van der Waals surface area contributed by atoms with Crippen molar-refractivity contribution in [3.05, 3.63) is 84.3 Å². The van der Waals surface area contributed by atoms with Crippen LogP contribution in [0.15, 0.2) is 78.6 Å². The largest absolute Gasteiger partial charge is 0.353 e. The van der Waals surface area contributed by atoms with E-state index in [0.29, 0.717) is 18.0 Å². The van der Waals surface area contributed by atoms with E-state index >= 15 is 0 Å². The molecule has 5 aliphatic rings. The molecule has 40 heavy (non-hydrogen) atoms. The third-order valence-corrected chi connectivity index (χ3v) is 10.7. The number of H-pyrrole nitrogens is 1. The van der Waals surface area contributed by atoms with Gasteiger partial charge < -0.3 is 9.88 Å². The Bertz CT molecular complexity index is 1540. The standard InChI is InChI=1S/C36H42N4/c1-2-5-11-20-39-22-18-31-30(33-34-29(17-19-37-33)28-15-9-10-16-32(28)38-34)23-26(13-7-3-1)35-36(31,25-39)24-27-14-8-4-6-12-21-40(27)35/h1,3,8-10,13-17,19,23,27,31,35,38H,2,4-7,11-12,18,20-22,24-25H2/b3-1+,14-8-,26-13+/t27-,31?,35-,36-/m0/s1. The Kier molecular flexibility index (Phi) is 6.30. The summed E-state index contributed by atoms with van der Waals surface area (Å²) >= 11 is 0. The lowest BCUT2D eigenvalue weighted by molar-refractivity contribution is 0.0287. The quantitative estimate of drug-likeness (QED) is 0.328. The molecule has 1 aromatic carbocycles. The summed E-state index contributed by atoms with van der Waals surface area (Å²) in [7, 11) is 0. The van der Waals surface area contributed by atoms with E-state index in [4.69, 9.17) is 4.98 Å². The molecule has 206 valence electrons. The number of aromatic nitrogens is 2. The van der Waals surface area contributed by atoms with Crippen LogP contribution in [0.5, 0.6) is 0 Å². The molecule has 0 radical (unpaired) electrons. The van der Waals surface area contributed by atoms with Gasteiger partial charge in [0.15, 0.2) is 0 Å². The third-order valence-electron chi connectivity index (χ3n) is 10.7. The molecular weight excluding hydrogens is 488 g/mol. The van der Waals surface area contributed by atoms with Gasteiger partial charge in [0.25, 0.3) is 0 Å². The van der Waals surface area contributed by atoms with Crippen molar-refractivity contribution in [2.75, 3.05) is 26.2 Å². The van der Waals surface area contributed by atoms with Crippen molar-refractivity contribution in [1.82, 2.24) is 19.8 Å². The normalized spacial score (nSPS) is 35.7. The zero-order valence-corrected chi connectivity index (χ0v) is 23.7. The molecule has 1 N–H and O–H groups in total. The smallest absolute Gasteiger partial charge is 0.0905 e. The van der Waals surface area contributed by atoms with E-state index in [1.807, 2.05) is 0 Å². The van der Waals surface area contributed by atoms with Crippen molar-refractivity contribution in [3.63, 3.8) is 0 Å². The fourth-order valence-corrected chi connectivity index (χ4v) is 9.06. The highest BCUT2D eigenvalue weighted by atomic mass is 15.3. The van der Waals surface area contributed by atoms with Gasteiger partial charge in [0.2, 0.25) is 0 Å². The highest BCUT2D eigenvalue weighted by Gasteiger charge is 2.60. The van der Waals surface area contributed by atoms with E-state index in [-0.39, 0.29) is 5.41 Å². The summed E-state index contributed by atoms with van der Waals surface area (Å²) in [6.45, 7) is 4.88. The summed E-state index contributed by atoms with van der Waals surface area (Å²) in [6, 6.07) is 12.0. The molecule has 3 aromatic rings. The van der Waals surface area contributed by atoms with Gasteiger partial charge in [-0.3, -0.25) is 9.88 Å². The van der Waals surface area contributed by atoms with Crippen LogP contribution in [-0.2, 0) is 0 Å². The zero-order chi connectivity index (χ0) is 26.5. The van der Waals surface area contributed by atoms with Gasteiger partial charge in [0.05, 0.1) is 11.2 Å². The fourth-order valence-electron chi connectivity index (χ4n) is 9.06. The number of nitrogens with zero attached hydrogens (tertiary/aromatic N) is 3. The van der Waals surface area contributed by atoms with Crippen LogP contribution < -0.4 is 0 Å². The van der Waals surface area contributed by atoms with Gasteiger partial charge >= 0.3 is 0 Å². The van der Waals surface area contributed by atoms with E-state index in [1.165, 1.54) is 111 Å². The van der Waals surface area contributed by atoms with Crippen LogP contribution in [0.4, 0.5) is 0 Å². The fraction of sp³-hybridized carbons (Fsp3) is 0.472. The van der Waals surface area contributed by atoms with Crippen LogP contribution >= 0.6 is 0 Å². The lowest BCUT2D eigenvalue weighted by atomic mass is 9.57. The summed E-state index contributed by atoms with van der Waals surface area (Å²) in [5, 5.41) is 2.60. The van der Waals surface area contributed by atoms with Gasteiger partial charge in [-0.2, -0.15) is 0 Å². The number of allylic oxidation sites excluding steroid dienone is 5. The molecule has 1 aliphatic carbocycles. The number of rotatable bonds is 1. The molecule has 0 saturated carbocycles. The Labute approximate surface area is 238 Å².